The molecule has 0 aliphatic heterocycles. The second-order valence-corrected chi connectivity index (χ2v) is 6.25. The van der Waals surface area contributed by atoms with Crippen LogP contribution >= 0.6 is 39.1 Å². The molecule has 0 fully saturated rings. The van der Waals surface area contributed by atoms with E-state index in [2.05, 4.69) is 47.1 Å². The largest absolute Gasteiger partial charge is 0.0835 e. The molecule has 0 spiro atoms. The first-order chi connectivity index (χ1) is 8.56. The first-order valence-corrected chi connectivity index (χ1v) is 7.38. The average molecular weight is 344 g/mol. The van der Waals surface area contributed by atoms with Crippen molar-refractivity contribution >= 4 is 39.1 Å². The molecule has 2 rings (SSSR count). The quantitative estimate of drug-likeness (QED) is 0.601. The maximum Gasteiger partial charge on any atom is 0.0595 e. The average Bonchev–Trinajstić information content (AvgIpc) is 2.35. The number of alkyl halides is 1. The molecular weight excluding hydrogens is 331 g/mol. The molecule has 0 N–H and O–H groups in total. The summed E-state index contributed by atoms with van der Waals surface area (Å²) < 4.78 is 0. The zero-order valence-electron chi connectivity index (χ0n) is 9.96. The fraction of sp³-hybridized carbons (Fsp3) is 0.200. The lowest BCUT2D eigenvalue weighted by Gasteiger charge is -2.11. The third-order valence-electron chi connectivity index (χ3n) is 2.84. The molecule has 0 aromatic heterocycles. The SMILES string of the molecule is Cc1ccc(CC(Br)c2ccc(Cl)c(Cl)c2)cc1. The van der Waals surface area contributed by atoms with Crippen molar-refractivity contribution in [2.75, 3.05) is 0 Å². The fourth-order valence-electron chi connectivity index (χ4n) is 1.76. The third-order valence-corrected chi connectivity index (χ3v) is 4.43. The summed E-state index contributed by atoms with van der Waals surface area (Å²) in [5, 5.41) is 1.19. The minimum absolute atomic E-state index is 0.245. The van der Waals surface area contributed by atoms with Crippen molar-refractivity contribution in [2.45, 2.75) is 18.2 Å². The molecule has 1 atom stereocenters. The van der Waals surface area contributed by atoms with Crippen molar-refractivity contribution < 1.29 is 0 Å². The Kier molecular flexibility index (Phi) is 4.71. The smallest absolute Gasteiger partial charge is 0.0595 e. The van der Waals surface area contributed by atoms with Gasteiger partial charge in [-0.25, -0.2) is 0 Å². The number of hydrogen-bond donors (Lipinski definition) is 0. The Labute approximate surface area is 126 Å². The van der Waals surface area contributed by atoms with Crippen LogP contribution in [0.1, 0.15) is 21.5 Å². The Bertz CT molecular complexity index is 535. The highest BCUT2D eigenvalue weighted by Crippen LogP contribution is 2.31. The van der Waals surface area contributed by atoms with E-state index in [1.165, 1.54) is 11.1 Å². The molecule has 0 aliphatic rings. The van der Waals surface area contributed by atoms with Crippen molar-refractivity contribution in [3.05, 3.63) is 69.2 Å². The topological polar surface area (TPSA) is 0 Å². The number of rotatable bonds is 3. The van der Waals surface area contributed by atoms with Gasteiger partial charge in [-0.2, -0.15) is 0 Å². The molecule has 1 unspecified atom stereocenters. The molecule has 0 heterocycles. The summed E-state index contributed by atoms with van der Waals surface area (Å²) >= 11 is 15.6. The van der Waals surface area contributed by atoms with Gasteiger partial charge in [-0.15, -0.1) is 0 Å². The predicted molar refractivity (Wildman–Crippen MR) is 83.0 cm³/mol. The number of halogens is 3. The highest BCUT2D eigenvalue weighted by atomic mass is 79.9. The normalized spacial score (nSPS) is 12.4. The van der Waals surface area contributed by atoms with Gasteiger partial charge in [-0.1, -0.05) is 75.0 Å². The maximum absolute atomic E-state index is 6.03. The van der Waals surface area contributed by atoms with Gasteiger partial charge < -0.3 is 0 Å². The zero-order chi connectivity index (χ0) is 13.1. The van der Waals surface area contributed by atoms with Crippen molar-refractivity contribution in [3.63, 3.8) is 0 Å². The van der Waals surface area contributed by atoms with Crippen LogP contribution < -0.4 is 0 Å². The second-order valence-electron chi connectivity index (χ2n) is 4.33. The van der Waals surface area contributed by atoms with Gasteiger partial charge in [0.1, 0.15) is 0 Å². The number of aryl methyl sites for hydroxylation is 1. The maximum atomic E-state index is 6.03. The van der Waals surface area contributed by atoms with Gasteiger partial charge >= 0.3 is 0 Å². The van der Waals surface area contributed by atoms with Crippen molar-refractivity contribution in [2.24, 2.45) is 0 Å². The minimum Gasteiger partial charge on any atom is -0.0835 e. The summed E-state index contributed by atoms with van der Waals surface area (Å²) in [4.78, 5) is 0.245. The van der Waals surface area contributed by atoms with Crippen LogP contribution in [0.25, 0.3) is 0 Å². The van der Waals surface area contributed by atoms with Crippen LogP contribution in [0.15, 0.2) is 42.5 Å². The van der Waals surface area contributed by atoms with Crippen molar-refractivity contribution in [1.29, 1.82) is 0 Å². The molecule has 0 radical (unpaired) electrons. The van der Waals surface area contributed by atoms with Gasteiger partial charge in [0.2, 0.25) is 0 Å². The van der Waals surface area contributed by atoms with Gasteiger partial charge in [0, 0.05) is 4.83 Å². The molecule has 18 heavy (non-hydrogen) atoms. The minimum atomic E-state index is 0.245. The van der Waals surface area contributed by atoms with Crippen LogP contribution in [0.3, 0.4) is 0 Å². The van der Waals surface area contributed by atoms with Crippen LogP contribution in [0.2, 0.25) is 10.0 Å². The second kappa shape index (κ2) is 6.10. The standard InChI is InChI=1S/C15H13BrCl2/c1-10-2-4-11(5-3-10)8-13(16)12-6-7-14(17)15(18)9-12/h2-7,9,13H,8H2,1H3. The third kappa shape index (κ3) is 3.50. The molecule has 0 amide bonds. The van der Waals surface area contributed by atoms with E-state index in [4.69, 9.17) is 23.2 Å². The van der Waals surface area contributed by atoms with Crippen LogP contribution in [0.4, 0.5) is 0 Å². The van der Waals surface area contributed by atoms with Gasteiger partial charge in [0.15, 0.2) is 0 Å². The molecule has 0 aliphatic carbocycles. The number of benzene rings is 2. The van der Waals surface area contributed by atoms with E-state index in [1.54, 1.807) is 0 Å². The van der Waals surface area contributed by atoms with E-state index in [0.29, 0.717) is 10.0 Å². The highest BCUT2D eigenvalue weighted by Gasteiger charge is 2.10. The lowest BCUT2D eigenvalue weighted by atomic mass is 10.0. The number of hydrogen-bond acceptors (Lipinski definition) is 0. The van der Waals surface area contributed by atoms with Crippen molar-refractivity contribution in [1.82, 2.24) is 0 Å². The Morgan fingerprint density at radius 2 is 1.67 bits per heavy atom. The fourth-order valence-corrected chi connectivity index (χ4v) is 2.72. The monoisotopic (exact) mass is 342 g/mol. The first kappa shape index (κ1) is 13.9. The Morgan fingerprint density at radius 3 is 2.28 bits per heavy atom. The summed E-state index contributed by atoms with van der Waals surface area (Å²) in [6.45, 7) is 2.09. The van der Waals surface area contributed by atoms with Gasteiger partial charge in [0.25, 0.3) is 0 Å². The summed E-state index contributed by atoms with van der Waals surface area (Å²) in [6.07, 6.45) is 0.929. The summed E-state index contributed by atoms with van der Waals surface area (Å²) in [6, 6.07) is 14.3. The molecule has 0 bridgehead atoms. The van der Waals surface area contributed by atoms with Crippen LogP contribution in [-0.2, 0) is 6.42 Å². The van der Waals surface area contributed by atoms with Gasteiger partial charge in [0.05, 0.1) is 10.0 Å². The van der Waals surface area contributed by atoms with E-state index in [1.807, 2.05) is 18.2 Å². The summed E-state index contributed by atoms with van der Waals surface area (Å²) in [5.41, 5.74) is 3.72. The van der Waals surface area contributed by atoms with E-state index in [9.17, 15) is 0 Å². The predicted octanol–water partition coefficient (Wildman–Crippen LogP) is 5.98. The van der Waals surface area contributed by atoms with Gasteiger partial charge in [-0.3, -0.25) is 0 Å². The van der Waals surface area contributed by atoms with E-state index < -0.39 is 0 Å². The van der Waals surface area contributed by atoms with Gasteiger partial charge in [-0.05, 0) is 36.6 Å². The summed E-state index contributed by atoms with van der Waals surface area (Å²) in [7, 11) is 0. The van der Waals surface area contributed by atoms with Crippen LogP contribution in [-0.4, -0.2) is 0 Å². The Morgan fingerprint density at radius 1 is 1.00 bits per heavy atom. The molecule has 3 heteroatoms. The van der Waals surface area contributed by atoms with Crippen LogP contribution in [0, 0.1) is 6.92 Å². The summed E-state index contributed by atoms with van der Waals surface area (Å²) in [5.74, 6) is 0. The molecule has 94 valence electrons. The molecule has 0 saturated carbocycles. The first-order valence-electron chi connectivity index (χ1n) is 5.71. The Hall–Kier alpha value is -0.500. The Balaban J connectivity index is 2.13. The van der Waals surface area contributed by atoms with E-state index in [-0.39, 0.29) is 4.83 Å². The van der Waals surface area contributed by atoms with Crippen LogP contribution in [0.5, 0.6) is 0 Å². The molecule has 2 aromatic rings. The van der Waals surface area contributed by atoms with E-state index >= 15 is 0 Å². The highest BCUT2D eigenvalue weighted by molar-refractivity contribution is 9.09. The van der Waals surface area contributed by atoms with E-state index in [0.717, 1.165) is 12.0 Å². The zero-order valence-corrected chi connectivity index (χ0v) is 13.1. The van der Waals surface area contributed by atoms with Crippen molar-refractivity contribution in [3.8, 4) is 0 Å². The molecule has 0 saturated heterocycles. The molecule has 2 aromatic carbocycles. The lowest BCUT2D eigenvalue weighted by Crippen LogP contribution is -1.95. The lowest BCUT2D eigenvalue weighted by molar-refractivity contribution is 0.948. The molecule has 0 nitrogen and oxygen atoms in total. The molecular formula is C15H13BrCl2.